The van der Waals surface area contributed by atoms with Crippen LogP contribution in [0.1, 0.15) is 10.5 Å². The maximum atomic E-state index is 11.4. The highest BCUT2D eigenvalue weighted by atomic mass is 16.5. The number of esters is 1. The number of nitrogens with zero attached hydrogens (tertiary/aromatic N) is 3. The number of carbonyl (C=O) groups is 1. The largest absolute Gasteiger partial charge is 0.459 e. The Hall–Kier alpha value is -2.17. The van der Waals surface area contributed by atoms with Gasteiger partial charge in [0.05, 0.1) is 12.2 Å². The second kappa shape index (κ2) is 3.44. The highest BCUT2D eigenvalue weighted by molar-refractivity contribution is 5.89. The van der Waals surface area contributed by atoms with Gasteiger partial charge in [0.15, 0.2) is 0 Å². The first-order valence-corrected chi connectivity index (χ1v) is 5.00. The number of rotatable bonds is 1. The fourth-order valence-corrected chi connectivity index (χ4v) is 1.71. The number of fused-ring (bicyclic) bond motifs is 1. The van der Waals surface area contributed by atoms with E-state index in [-0.39, 0.29) is 5.97 Å². The lowest BCUT2D eigenvalue weighted by Crippen LogP contribution is -2.23. The van der Waals surface area contributed by atoms with Gasteiger partial charge in [0.2, 0.25) is 0 Å². The number of carbonyl (C=O) groups excluding carboxylic acids is 1. The summed E-state index contributed by atoms with van der Waals surface area (Å²) in [7, 11) is 0. The summed E-state index contributed by atoms with van der Waals surface area (Å²) >= 11 is 0. The van der Waals surface area contributed by atoms with Gasteiger partial charge in [-0.15, -0.1) is 0 Å². The standard InChI is InChI=1S/C11H9N3O2/c15-11-10-7-9(8-1-3-12-4-2-8)13-14(10)5-6-16-11/h1-4,7H,5-6H2. The van der Waals surface area contributed by atoms with E-state index in [1.54, 1.807) is 23.1 Å². The zero-order chi connectivity index (χ0) is 11.0. The van der Waals surface area contributed by atoms with Crippen molar-refractivity contribution in [3.63, 3.8) is 0 Å². The molecule has 3 rings (SSSR count). The van der Waals surface area contributed by atoms with Crippen molar-refractivity contribution in [1.82, 2.24) is 14.8 Å². The number of cyclic esters (lactones) is 1. The molecule has 0 saturated heterocycles. The van der Waals surface area contributed by atoms with Crippen LogP contribution >= 0.6 is 0 Å². The average Bonchev–Trinajstić information content (AvgIpc) is 2.76. The SMILES string of the molecule is O=C1OCCn2nc(-c3ccncc3)cc21. The van der Waals surface area contributed by atoms with Crippen LogP contribution in [0.5, 0.6) is 0 Å². The Morgan fingerprint density at radius 3 is 2.88 bits per heavy atom. The third kappa shape index (κ3) is 1.37. The first kappa shape index (κ1) is 9.08. The fourth-order valence-electron chi connectivity index (χ4n) is 1.71. The molecule has 0 saturated carbocycles. The third-order valence-electron chi connectivity index (χ3n) is 2.50. The highest BCUT2D eigenvalue weighted by Crippen LogP contribution is 2.20. The zero-order valence-corrected chi connectivity index (χ0v) is 8.46. The van der Waals surface area contributed by atoms with E-state index in [0.29, 0.717) is 18.8 Å². The molecule has 80 valence electrons. The molecule has 2 aromatic rings. The first-order valence-electron chi connectivity index (χ1n) is 5.00. The van der Waals surface area contributed by atoms with E-state index >= 15 is 0 Å². The van der Waals surface area contributed by atoms with Crippen LogP contribution < -0.4 is 0 Å². The van der Waals surface area contributed by atoms with E-state index in [1.807, 2.05) is 12.1 Å². The molecule has 0 bridgehead atoms. The number of aromatic nitrogens is 3. The average molecular weight is 215 g/mol. The molecule has 0 amide bonds. The lowest BCUT2D eigenvalue weighted by atomic mass is 10.2. The van der Waals surface area contributed by atoms with Crippen LogP contribution in [-0.2, 0) is 11.3 Å². The second-order valence-corrected chi connectivity index (χ2v) is 3.51. The minimum atomic E-state index is -0.306. The molecule has 1 aliphatic rings. The van der Waals surface area contributed by atoms with Gasteiger partial charge >= 0.3 is 5.97 Å². The maximum Gasteiger partial charge on any atom is 0.356 e. The Kier molecular flexibility index (Phi) is 1.96. The van der Waals surface area contributed by atoms with Gasteiger partial charge in [-0.25, -0.2) is 4.79 Å². The molecule has 3 heterocycles. The number of ether oxygens (including phenoxy) is 1. The Balaban J connectivity index is 2.08. The van der Waals surface area contributed by atoms with Crippen molar-refractivity contribution in [2.24, 2.45) is 0 Å². The molecule has 1 aliphatic heterocycles. The van der Waals surface area contributed by atoms with E-state index in [4.69, 9.17) is 4.74 Å². The monoisotopic (exact) mass is 215 g/mol. The van der Waals surface area contributed by atoms with E-state index in [0.717, 1.165) is 11.3 Å². The van der Waals surface area contributed by atoms with Crippen molar-refractivity contribution < 1.29 is 9.53 Å². The molecule has 0 spiro atoms. The van der Waals surface area contributed by atoms with E-state index < -0.39 is 0 Å². The van der Waals surface area contributed by atoms with Crippen LogP contribution in [0.25, 0.3) is 11.3 Å². The van der Waals surface area contributed by atoms with Gasteiger partial charge in [0.25, 0.3) is 0 Å². The van der Waals surface area contributed by atoms with Crippen molar-refractivity contribution in [2.75, 3.05) is 6.61 Å². The Bertz CT molecular complexity index is 533. The van der Waals surface area contributed by atoms with E-state index in [1.165, 1.54) is 0 Å². The normalized spacial score (nSPS) is 14.4. The van der Waals surface area contributed by atoms with Crippen molar-refractivity contribution in [3.05, 3.63) is 36.3 Å². The molecule has 5 nitrogen and oxygen atoms in total. The third-order valence-corrected chi connectivity index (χ3v) is 2.50. The highest BCUT2D eigenvalue weighted by Gasteiger charge is 2.21. The van der Waals surface area contributed by atoms with Crippen LogP contribution in [0.2, 0.25) is 0 Å². The summed E-state index contributed by atoms with van der Waals surface area (Å²) in [6, 6.07) is 5.47. The predicted octanol–water partition coefficient (Wildman–Crippen LogP) is 1.12. The summed E-state index contributed by atoms with van der Waals surface area (Å²) in [5.41, 5.74) is 2.24. The molecule has 5 heteroatoms. The summed E-state index contributed by atoms with van der Waals surface area (Å²) in [6.07, 6.45) is 3.40. The molecule has 0 aliphatic carbocycles. The smallest absolute Gasteiger partial charge is 0.356 e. The molecular formula is C11H9N3O2. The molecule has 2 aromatic heterocycles. The lowest BCUT2D eigenvalue weighted by molar-refractivity contribution is 0.0411. The van der Waals surface area contributed by atoms with Crippen LogP contribution in [0.3, 0.4) is 0 Å². The van der Waals surface area contributed by atoms with Crippen molar-refractivity contribution in [3.8, 4) is 11.3 Å². The van der Waals surface area contributed by atoms with E-state index in [9.17, 15) is 4.79 Å². The number of hydrogen-bond acceptors (Lipinski definition) is 4. The first-order chi connectivity index (χ1) is 7.84. The van der Waals surface area contributed by atoms with Gasteiger partial charge in [0, 0.05) is 18.0 Å². The predicted molar refractivity (Wildman–Crippen MR) is 55.7 cm³/mol. The van der Waals surface area contributed by atoms with Gasteiger partial charge in [-0.1, -0.05) is 0 Å². The van der Waals surface area contributed by atoms with Crippen molar-refractivity contribution in [1.29, 1.82) is 0 Å². The molecule has 0 N–H and O–H groups in total. The summed E-state index contributed by atoms with van der Waals surface area (Å²) in [5.74, 6) is -0.306. The van der Waals surface area contributed by atoms with Gasteiger partial charge in [-0.2, -0.15) is 5.10 Å². The maximum absolute atomic E-state index is 11.4. The molecule has 0 atom stereocenters. The minimum absolute atomic E-state index is 0.306. The Morgan fingerprint density at radius 2 is 2.12 bits per heavy atom. The summed E-state index contributed by atoms with van der Waals surface area (Å²) in [5, 5.41) is 4.36. The number of hydrogen-bond donors (Lipinski definition) is 0. The van der Waals surface area contributed by atoms with Gasteiger partial charge in [-0.3, -0.25) is 9.67 Å². The van der Waals surface area contributed by atoms with Crippen LogP contribution in [-0.4, -0.2) is 27.3 Å². The quantitative estimate of drug-likeness (QED) is 0.669. The number of pyridine rings is 1. The van der Waals surface area contributed by atoms with Crippen molar-refractivity contribution in [2.45, 2.75) is 6.54 Å². The van der Waals surface area contributed by atoms with Crippen molar-refractivity contribution >= 4 is 5.97 Å². The van der Waals surface area contributed by atoms with Gasteiger partial charge < -0.3 is 4.74 Å². The van der Waals surface area contributed by atoms with Crippen LogP contribution in [0.4, 0.5) is 0 Å². The molecule has 16 heavy (non-hydrogen) atoms. The topological polar surface area (TPSA) is 57.0 Å². The Labute approximate surface area is 91.7 Å². The molecule has 0 fully saturated rings. The van der Waals surface area contributed by atoms with Crippen LogP contribution in [0.15, 0.2) is 30.6 Å². The van der Waals surface area contributed by atoms with Crippen LogP contribution in [0, 0.1) is 0 Å². The van der Waals surface area contributed by atoms with E-state index in [2.05, 4.69) is 10.1 Å². The Morgan fingerprint density at radius 1 is 1.31 bits per heavy atom. The summed E-state index contributed by atoms with van der Waals surface area (Å²) in [4.78, 5) is 15.4. The summed E-state index contributed by atoms with van der Waals surface area (Å²) in [6.45, 7) is 1.01. The molecule has 0 radical (unpaired) electrons. The lowest BCUT2D eigenvalue weighted by Gasteiger charge is -2.12. The molecule has 0 unspecified atom stereocenters. The minimum Gasteiger partial charge on any atom is -0.459 e. The molecular weight excluding hydrogens is 206 g/mol. The van der Waals surface area contributed by atoms with Gasteiger partial charge in [0.1, 0.15) is 12.3 Å². The molecule has 0 aromatic carbocycles. The second-order valence-electron chi connectivity index (χ2n) is 3.51. The zero-order valence-electron chi connectivity index (χ0n) is 8.46. The van der Waals surface area contributed by atoms with Gasteiger partial charge in [-0.05, 0) is 18.2 Å². The summed E-state index contributed by atoms with van der Waals surface area (Å²) < 4.78 is 6.62. The fraction of sp³-hybridized carbons (Fsp3) is 0.182.